The molecule has 1 fully saturated rings. The number of carbonyl (C=O) groups excluding carboxylic acids is 1. The van der Waals surface area contributed by atoms with Gasteiger partial charge in [-0.15, -0.1) is 11.8 Å². The molecule has 4 rings (SSSR count). The van der Waals surface area contributed by atoms with Crippen LogP contribution in [0.15, 0.2) is 41.3 Å². The SMILES string of the molecule is Cc1cc(C)c2sc(N3CCN(C(=O)CCCSc4ccc(Cl)cc4)CC3)nc2c1. The lowest BCUT2D eigenvalue weighted by atomic mass is 10.1. The van der Waals surface area contributed by atoms with E-state index < -0.39 is 0 Å². The first-order chi connectivity index (χ1) is 14.5. The Kier molecular flexibility index (Phi) is 6.86. The highest BCUT2D eigenvalue weighted by molar-refractivity contribution is 7.99. The molecule has 2 heterocycles. The van der Waals surface area contributed by atoms with Crippen molar-refractivity contribution in [2.45, 2.75) is 31.6 Å². The van der Waals surface area contributed by atoms with Crippen LogP contribution in [0.2, 0.25) is 5.02 Å². The number of nitrogens with zero attached hydrogens (tertiary/aromatic N) is 3. The summed E-state index contributed by atoms with van der Waals surface area (Å²) in [5, 5.41) is 1.83. The van der Waals surface area contributed by atoms with Gasteiger partial charge in [0.15, 0.2) is 5.13 Å². The first-order valence-corrected chi connectivity index (χ1v) is 12.5. The van der Waals surface area contributed by atoms with Crippen molar-refractivity contribution in [1.82, 2.24) is 9.88 Å². The lowest BCUT2D eigenvalue weighted by Gasteiger charge is -2.34. The number of rotatable bonds is 6. The maximum atomic E-state index is 12.6. The van der Waals surface area contributed by atoms with E-state index in [2.05, 4.69) is 30.9 Å². The van der Waals surface area contributed by atoms with Gasteiger partial charge in [-0.3, -0.25) is 4.79 Å². The fourth-order valence-corrected chi connectivity index (χ4v) is 5.80. The van der Waals surface area contributed by atoms with Crippen LogP contribution < -0.4 is 4.90 Å². The van der Waals surface area contributed by atoms with Crippen LogP contribution in [-0.2, 0) is 4.79 Å². The van der Waals surface area contributed by atoms with Gasteiger partial charge in [0.05, 0.1) is 10.2 Å². The molecule has 0 N–H and O–H groups in total. The van der Waals surface area contributed by atoms with Crippen LogP contribution in [0.1, 0.15) is 24.0 Å². The molecular weight excluding hydrogens is 434 g/mol. The summed E-state index contributed by atoms with van der Waals surface area (Å²) in [6, 6.07) is 12.2. The Morgan fingerprint density at radius 2 is 1.87 bits per heavy atom. The summed E-state index contributed by atoms with van der Waals surface area (Å²) in [4.78, 5) is 23.0. The second-order valence-electron chi connectivity index (χ2n) is 7.70. The molecule has 1 aromatic heterocycles. The van der Waals surface area contributed by atoms with Crippen molar-refractivity contribution in [2.24, 2.45) is 0 Å². The van der Waals surface area contributed by atoms with E-state index in [-0.39, 0.29) is 5.91 Å². The average Bonchev–Trinajstić information content (AvgIpc) is 3.17. The van der Waals surface area contributed by atoms with Gasteiger partial charge in [0.1, 0.15) is 0 Å². The Morgan fingerprint density at radius 1 is 1.13 bits per heavy atom. The summed E-state index contributed by atoms with van der Waals surface area (Å²) in [7, 11) is 0. The summed E-state index contributed by atoms with van der Waals surface area (Å²) in [5.74, 6) is 1.21. The zero-order valence-electron chi connectivity index (χ0n) is 17.4. The monoisotopic (exact) mass is 459 g/mol. The largest absolute Gasteiger partial charge is 0.345 e. The van der Waals surface area contributed by atoms with Crippen molar-refractivity contribution < 1.29 is 4.79 Å². The Bertz CT molecular complexity index is 1030. The molecule has 1 amide bonds. The molecule has 30 heavy (non-hydrogen) atoms. The van der Waals surface area contributed by atoms with Gasteiger partial charge in [-0.25, -0.2) is 4.98 Å². The van der Waals surface area contributed by atoms with Crippen molar-refractivity contribution in [3.63, 3.8) is 0 Å². The van der Waals surface area contributed by atoms with Crippen LogP contribution in [0.3, 0.4) is 0 Å². The number of carbonyl (C=O) groups is 1. The molecule has 0 atom stereocenters. The molecule has 0 spiro atoms. The molecule has 7 heteroatoms. The summed E-state index contributed by atoms with van der Waals surface area (Å²) in [6.45, 7) is 7.52. The summed E-state index contributed by atoms with van der Waals surface area (Å²) in [6.07, 6.45) is 1.50. The number of thiazole rings is 1. The van der Waals surface area contributed by atoms with E-state index >= 15 is 0 Å². The molecule has 2 aromatic carbocycles. The van der Waals surface area contributed by atoms with Gasteiger partial charge in [0.2, 0.25) is 5.91 Å². The Morgan fingerprint density at radius 3 is 2.60 bits per heavy atom. The number of hydrogen-bond donors (Lipinski definition) is 0. The molecule has 1 saturated heterocycles. The van der Waals surface area contributed by atoms with Crippen LogP contribution in [0.25, 0.3) is 10.2 Å². The van der Waals surface area contributed by atoms with E-state index in [1.807, 2.05) is 29.2 Å². The van der Waals surface area contributed by atoms with Gasteiger partial charge in [0.25, 0.3) is 0 Å². The molecule has 0 unspecified atom stereocenters. The highest BCUT2D eigenvalue weighted by atomic mass is 35.5. The number of fused-ring (bicyclic) bond motifs is 1. The lowest BCUT2D eigenvalue weighted by molar-refractivity contribution is -0.131. The predicted molar refractivity (Wildman–Crippen MR) is 129 cm³/mol. The van der Waals surface area contributed by atoms with Crippen molar-refractivity contribution in [3.8, 4) is 0 Å². The third-order valence-electron chi connectivity index (χ3n) is 5.33. The van der Waals surface area contributed by atoms with Crippen LogP contribution in [-0.4, -0.2) is 47.7 Å². The minimum atomic E-state index is 0.266. The average molecular weight is 460 g/mol. The number of benzene rings is 2. The molecule has 1 aliphatic rings. The number of thioether (sulfide) groups is 1. The van der Waals surface area contributed by atoms with Crippen LogP contribution in [0.4, 0.5) is 5.13 Å². The van der Waals surface area contributed by atoms with Gasteiger partial charge in [-0.2, -0.15) is 0 Å². The smallest absolute Gasteiger partial charge is 0.222 e. The summed E-state index contributed by atoms with van der Waals surface area (Å²) in [5.41, 5.74) is 3.63. The zero-order valence-corrected chi connectivity index (χ0v) is 19.7. The minimum absolute atomic E-state index is 0.266. The van der Waals surface area contributed by atoms with Crippen LogP contribution >= 0.6 is 34.7 Å². The molecule has 4 nitrogen and oxygen atoms in total. The first kappa shape index (κ1) is 21.5. The Labute approximate surface area is 191 Å². The number of piperazine rings is 1. The molecule has 0 aliphatic carbocycles. The number of hydrogen-bond acceptors (Lipinski definition) is 5. The van der Waals surface area contributed by atoms with E-state index in [1.165, 1.54) is 20.7 Å². The second kappa shape index (κ2) is 9.58. The van der Waals surface area contributed by atoms with E-state index in [0.717, 1.165) is 54.0 Å². The number of halogens is 1. The number of aryl methyl sites for hydroxylation is 2. The van der Waals surface area contributed by atoms with E-state index in [4.69, 9.17) is 16.6 Å². The summed E-state index contributed by atoms with van der Waals surface area (Å²) >= 11 is 9.46. The van der Waals surface area contributed by atoms with Crippen molar-refractivity contribution >= 4 is 56.0 Å². The molecule has 0 radical (unpaired) electrons. The fraction of sp³-hybridized carbons (Fsp3) is 0.391. The summed E-state index contributed by atoms with van der Waals surface area (Å²) < 4.78 is 1.27. The molecular formula is C23H26ClN3OS2. The fourth-order valence-electron chi connectivity index (χ4n) is 3.75. The molecule has 0 saturated carbocycles. The Hall–Kier alpha value is -1.76. The maximum absolute atomic E-state index is 12.6. The van der Waals surface area contributed by atoms with Gasteiger partial charge in [-0.1, -0.05) is 29.0 Å². The first-order valence-electron chi connectivity index (χ1n) is 10.3. The van der Waals surface area contributed by atoms with Gasteiger partial charge in [-0.05, 0) is 67.5 Å². The highest BCUT2D eigenvalue weighted by Crippen LogP contribution is 2.32. The van der Waals surface area contributed by atoms with Crippen molar-refractivity contribution in [2.75, 3.05) is 36.8 Å². The third kappa shape index (κ3) is 5.10. The maximum Gasteiger partial charge on any atom is 0.222 e. The lowest BCUT2D eigenvalue weighted by Crippen LogP contribution is -2.48. The molecule has 1 aliphatic heterocycles. The van der Waals surface area contributed by atoms with Crippen LogP contribution in [0, 0.1) is 13.8 Å². The zero-order chi connectivity index (χ0) is 21.1. The van der Waals surface area contributed by atoms with Crippen LogP contribution in [0.5, 0.6) is 0 Å². The van der Waals surface area contributed by atoms with Crippen molar-refractivity contribution in [3.05, 3.63) is 52.5 Å². The van der Waals surface area contributed by atoms with E-state index in [0.29, 0.717) is 6.42 Å². The number of aromatic nitrogens is 1. The molecule has 0 bridgehead atoms. The molecule has 3 aromatic rings. The highest BCUT2D eigenvalue weighted by Gasteiger charge is 2.23. The Balaban J connectivity index is 1.24. The third-order valence-corrected chi connectivity index (χ3v) is 7.95. The topological polar surface area (TPSA) is 36.4 Å². The quantitative estimate of drug-likeness (QED) is 0.345. The standard InChI is InChI=1S/C23H26ClN3OS2/c1-16-14-17(2)22-20(15-16)25-23(30-22)27-11-9-26(10-12-27)21(28)4-3-13-29-19-7-5-18(24)6-8-19/h5-8,14-15H,3-4,9-13H2,1-2H3. The van der Waals surface area contributed by atoms with Gasteiger partial charge >= 0.3 is 0 Å². The normalized spacial score (nSPS) is 14.5. The van der Waals surface area contributed by atoms with Gasteiger partial charge in [0, 0.05) is 42.5 Å². The van der Waals surface area contributed by atoms with E-state index in [9.17, 15) is 4.79 Å². The van der Waals surface area contributed by atoms with Gasteiger partial charge < -0.3 is 9.80 Å². The van der Waals surface area contributed by atoms with E-state index in [1.54, 1.807) is 23.1 Å². The number of anilines is 1. The molecule has 158 valence electrons. The van der Waals surface area contributed by atoms with Crippen molar-refractivity contribution in [1.29, 1.82) is 0 Å². The number of amides is 1. The second-order valence-corrected chi connectivity index (χ2v) is 10.3. The minimum Gasteiger partial charge on any atom is -0.345 e. The predicted octanol–water partition coefficient (Wildman–Crippen LogP) is 5.79.